The Hall–Kier alpha value is -3.87. The molecule has 5 nitrogen and oxygen atoms in total. The zero-order chi connectivity index (χ0) is 20.4. The van der Waals surface area contributed by atoms with E-state index in [0.29, 0.717) is 17.1 Å². The lowest BCUT2D eigenvalue weighted by Crippen LogP contribution is -2.15. The topological polar surface area (TPSA) is 59.8 Å². The third kappa shape index (κ3) is 3.89. The molecule has 0 aliphatic rings. The zero-order valence-corrected chi connectivity index (χ0v) is 15.4. The number of amides is 1. The summed E-state index contributed by atoms with van der Waals surface area (Å²) in [5.74, 6) is -1.35. The largest absolute Gasteiger partial charge is 0.317 e. The SMILES string of the molecule is Cc1ccc(-n2nc(C(=O)Nc3ccccc3F)nc2-c2ccc(F)cc2)cc1. The number of rotatable bonds is 4. The quantitative estimate of drug-likeness (QED) is 0.546. The first-order chi connectivity index (χ1) is 14.0. The third-order valence-electron chi connectivity index (χ3n) is 4.31. The Bertz CT molecular complexity index is 1110. The first-order valence-corrected chi connectivity index (χ1v) is 8.87. The summed E-state index contributed by atoms with van der Waals surface area (Å²) in [6, 6.07) is 19.1. The number of nitrogens with zero attached hydrogens (tertiary/aromatic N) is 3. The van der Waals surface area contributed by atoms with Gasteiger partial charge in [-0.1, -0.05) is 29.8 Å². The summed E-state index contributed by atoms with van der Waals surface area (Å²) >= 11 is 0. The molecule has 29 heavy (non-hydrogen) atoms. The Labute approximate surface area is 165 Å². The molecule has 3 aromatic carbocycles. The van der Waals surface area contributed by atoms with Gasteiger partial charge in [-0.05, 0) is 55.5 Å². The van der Waals surface area contributed by atoms with Crippen molar-refractivity contribution >= 4 is 11.6 Å². The number of halogens is 2. The molecule has 0 saturated heterocycles. The smallest absolute Gasteiger partial charge is 0.295 e. The van der Waals surface area contributed by atoms with E-state index in [4.69, 9.17) is 0 Å². The van der Waals surface area contributed by atoms with Gasteiger partial charge in [-0.15, -0.1) is 5.10 Å². The molecule has 0 aliphatic carbocycles. The van der Waals surface area contributed by atoms with Crippen LogP contribution in [0.2, 0.25) is 0 Å². The number of para-hydroxylation sites is 1. The van der Waals surface area contributed by atoms with Crippen molar-refractivity contribution in [2.75, 3.05) is 5.32 Å². The molecule has 1 aromatic heterocycles. The summed E-state index contributed by atoms with van der Waals surface area (Å²) < 4.78 is 28.7. The van der Waals surface area contributed by atoms with Crippen molar-refractivity contribution in [3.8, 4) is 17.1 Å². The second-order valence-corrected chi connectivity index (χ2v) is 6.45. The molecule has 4 aromatic rings. The van der Waals surface area contributed by atoms with Crippen LogP contribution in [0, 0.1) is 18.6 Å². The molecule has 0 bridgehead atoms. The van der Waals surface area contributed by atoms with Gasteiger partial charge in [0.2, 0.25) is 5.82 Å². The van der Waals surface area contributed by atoms with Gasteiger partial charge in [0, 0.05) is 5.56 Å². The molecule has 0 unspecified atom stereocenters. The summed E-state index contributed by atoms with van der Waals surface area (Å²) in [4.78, 5) is 17.0. The van der Waals surface area contributed by atoms with Gasteiger partial charge in [-0.2, -0.15) is 0 Å². The van der Waals surface area contributed by atoms with Crippen molar-refractivity contribution in [2.45, 2.75) is 6.92 Å². The number of nitrogens with one attached hydrogen (secondary N) is 1. The summed E-state index contributed by atoms with van der Waals surface area (Å²) in [6.07, 6.45) is 0. The fourth-order valence-corrected chi connectivity index (χ4v) is 2.80. The highest BCUT2D eigenvalue weighted by Crippen LogP contribution is 2.23. The first kappa shape index (κ1) is 18.5. The normalized spacial score (nSPS) is 10.7. The van der Waals surface area contributed by atoms with E-state index in [9.17, 15) is 13.6 Å². The van der Waals surface area contributed by atoms with Gasteiger partial charge in [-0.3, -0.25) is 4.79 Å². The molecule has 1 amide bonds. The zero-order valence-electron chi connectivity index (χ0n) is 15.4. The lowest BCUT2D eigenvalue weighted by Gasteiger charge is -2.06. The average molecular weight is 390 g/mol. The van der Waals surface area contributed by atoms with Crippen LogP contribution in [0.15, 0.2) is 72.8 Å². The molecule has 1 heterocycles. The Morgan fingerprint density at radius 1 is 0.931 bits per heavy atom. The minimum Gasteiger partial charge on any atom is -0.317 e. The fourth-order valence-electron chi connectivity index (χ4n) is 2.80. The van der Waals surface area contributed by atoms with Crippen LogP contribution >= 0.6 is 0 Å². The summed E-state index contributed by atoms with van der Waals surface area (Å²) in [5, 5.41) is 6.79. The molecule has 0 spiro atoms. The monoisotopic (exact) mass is 390 g/mol. The van der Waals surface area contributed by atoms with Gasteiger partial charge < -0.3 is 5.32 Å². The minimum atomic E-state index is -0.649. The Morgan fingerprint density at radius 2 is 1.62 bits per heavy atom. The van der Waals surface area contributed by atoms with Gasteiger partial charge in [0.05, 0.1) is 11.4 Å². The van der Waals surface area contributed by atoms with Gasteiger partial charge in [-0.25, -0.2) is 18.4 Å². The third-order valence-corrected chi connectivity index (χ3v) is 4.31. The summed E-state index contributed by atoms with van der Waals surface area (Å²) in [7, 11) is 0. The van der Waals surface area contributed by atoms with Crippen molar-refractivity contribution < 1.29 is 13.6 Å². The van der Waals surface area contributed by atoms with Gasteiger partial charge in [0.25, 0.3) is 5.91 Å². The predicted octanol–water partition coefficient (Wildman–Crippen LogP) is 4.77. The second-order valence-electron chi connectivity index (χ2n) is 6.45. The molecule has 144 valence electrons. The predicted molar refractivity (Wildman–Crippen MR) is 106 cm³/mol. The number of aryl methyl sites for hydroxylation is 1. The van der Waals surface area contributed by atoms with Gasteiger partial charge in [0.1, 0.15) is 11.6 Å². The van der Waals surface area contributed by atoms with Gasteiger partial charge in [0.15, 0.2) is 5.82 Å². The van der Waals surface area contributed by atoms with E-state index in [1.807, 2.05) is 31.2 Å². The molecule has 0 aliphatic heterocycles. The minimum absolute atomic E-state index is 0.0347. The Kier molecular flexibility index (Phi) is 4.87. The van der Waals surface area contributed by atoms with Crippen LogP contribution in [0.1, 0.15) is 16.2 Å². The van der Waals surface area contributed by atoms with Crippen molar-refractivity contribution in [3.63, 3.8) is 0 Å². The van der Waals surface area contributed by atoms with Crippen LogP contribution in [0.3, 0.4) is 0 Å². The molecule has 0 radical (unpaired) electrons. The molecule has 1 N–H and O–H groups in total. The molecule has 0 atom stereocenters. The van der Waals surface area contributed by atoms with E-state index in [0.717, 1.165) is 5.56 Å². The molecule has 7 heteroatoms. The number of aromatic nitrogens is 3. The molecule has 0 fully saturated rings. The number of carbonyl (C=O) groups is 1. The van der Waals surface area contributed by atoms with E-state index in [2.05, 4.69) is 15.4 Å². The van der Waals surface area contributed by atoms with E-state index >= 15 is 0 Å². The average Bonchev–Trinajstić information content (AvgIpc) is 3.16. The van der Waals surface area contributed by atoms with E-state index in [-0.39, 0.29) is 17.3 Å². The van der Waals surface area contributed by atoms with E-state index < -0.39 is 11.7 Å². The summed E-state index contributed by atoms with van der Waals surface area (Å²) in [5.41, 5.74) is 2.37. The van der Waals surface area contributed by atoms with Gasteiger partial charge >= 0.3 is 0 Å². The first-order valence-electron chi connectivity index (χ1n) is 8.87. The highest BCUT2D eigenvalue weighted by atomic mass is 19.1. The van der Waals surface area contributed by atoms with Crippen LogP contribution in [0.5, 0.6) is 0 Å². The maximum atomic E-state index is 13.9. The van der Waals surface area contributed by atoms with Crippen molar-refractivity contribution in [1.82, 2.24) is 14.8 Å². The number of benzene rings is 3. The maximum absolute atomic E-state index is 13.9. The Balaban J connectivity index is 1.76. The maximum Gasteiger partial charge on any atom is 0.295 e. The summed E-state index contributed by atoms with van der Waals surface area (Å²) in [6.45, 7) is 1.96. The molecule has 0 saturated carbocycles. The molecular formula is C22H16F2N4O. The van der Waals surface area contributed by atoms with Crippen molar-refractivity contribution in [1.29, 1.82) is 0 Å². The number of hydrogen-bond donors (Lipinski definition) is 1. The van der Waals surface area contributed by atoms with Crippen molar-refractivity contribution in [3.05, 3.63) is 95.8 Å². The van der Waals surface area contributed by atoms with Crippen LogP contribution in [-0.4, -0.2) is 20.7 Å². The van der Waals surface area contributed by atoms with E-state index in [1.165, 1.54) is 35.0 Å². The fraction of sp³-hybridized carbons (Fsp3) is 0.0455. The highest BCUT2D eigenvalue weighted by Gasteiger charge is 2.20. The second kappa shape index (κ2) is 7.63. The lowest BCUT2D eigenvalue weighted by atomic mass is 10.2. The number of hydrogen-bond acceptors (Lipinski definition) is 3. The van der Waals surface area contributed by atoms with E-state index in [1.54, 1.807) is 18.2 Å². The van der Waals surface area contributed by atoms with Crippen LogP contribution in [0.25, 0.3) is 17.1 Å². The molecular weight excluding hydrogens is 374 g/mol. The van der Waals surface area contributed by atoms with Crippen LogP contribution in [0.4, 0.5) is 14.5 Å². The lowest BCUT2D eigenvalue weighted by molar-refractivity contribution is 0.101. The highest BCUT2D eigenvalue weighted by molar-refractivity contribution is 6.01. The number of anilines is 1. The van der Waals surface area contributed by atoms with Crippen LogP contribution < -0.4 is 5.32 Å². The molecule has 4 rings (SSSR count). The standard InChI is InChI=1S/C22H16F2N4O/c1-14-6-12-17(13-7-14)28-21(15-8-10-16(23)11-9-15)26-20(27-28)22(29)25-19-5-3-2-4-18(19)24/h2-13H,1H3,(H,25,29). The Morgan fingerprint density at radius 3 is 2.31 bits per heavy atom. The number of carbonyl (C=O) groups excluding carboxylic acids is 1. The van der Waals surface area contributed by atoms with Crippen LogP contribution in [-0.2, 0) is 0 Å². The van der Waals surface area contributed by atoms with Crippen molar-refractivity contribution in [2.24, 2.45) is 0 Å².